The smallest absolute Gasteiger partial charge is 0.306 e. The summed E-state index contributed by atoms with van der Waals surface area (Å²) in [6.45, 7) is 1.17. The Morgan fingerprint density at radius 3 is 2.85 bits per heavy atom. The number of aromatic nitrogens is 1. The number of methoxy groups -OCH3 is 2. The van der Waals surface area contributed by atoms with E-state index in [9.17, 15) is 4.79 Å². The summed E-state index contributed by atoms with van der Waals surface area (Å²) >= 11 is 0. The minimum absolute atomic E-state index is 0.217. The van der Waals surface area contributed by atoms with Gasteiger partial charge in [-0.05, 0) is 12.1 Å². The molecule has 2 aromatic rings. The standard InChI is InChI=1S/C15H18N2O3/c1-19-13-5-3-4-11-6-7-12(17-15(11)13)10-16-9-8-14(18)20-2/h3-7,16H,8-10H2,1-2H3. The summed E-state index contributed by atoms with van der Waals surface area (Å²) in [6.07, 6.45) is 0.355. The van der Waals surface area contributed by atoms with Gasteiger partial charge in [-0.15, -0.1) is 0 Å². The Bertz CT molecular complexity index is 599. The second-order valence-corrected chi connectivity index (χ2v) is 4.34. The molecular weight excluding hydrogens is 256 g/mol. The Morgan fingerprint density at radius 1 is 1.25 bits per heavy atom. The SMILES string of the molecule is COC(=O)CCNCc1ccc2cccc(OC)c2n1. The third-order valence-corrected chi connectivity index (χ3v) is 3.00. The average Bonchev–Trinajstić information content (AvgIpc) is 2.50. The third-order valence-electron chi connectivity index (χ3n) is 3.00. The normalized spacial score (nSPS) is 10.5. The number of fused-ring (bicyclic) bond motifs is 1. The molecule has 0 aliphatic carbocycles. The van der Waals surface area contributed by atoms with Gasteiger partial charge in [-0.1, -0.05) is 18.2 Å². The zero-order valence-electron chi connectivity index (χ0n) is 11.7. The van der Waals surface area contributed by atoms with Crippen LogP contribution in [0.5, 0.6) is 5.75 Å². The Hall–Kier alpha value is -2.14. The Balaban J connectivity index is 2.02. The zero-order valence-corrected chi connectivity index (χ0v) is 11.7. The largest absolute Gasteiger partial charge is 0.494 e. The van der Waals surface area contributed by atoms with Gasteiger partial charge in [0.15, 0.2) is 0 Å². The fourth-order valence-corrected chi connectivity index (χ4v) is 1.93. The molecule has 0 spiro atoms. The quantitative estimate of drug-likeness (QED) is 0.644. The molecule has 0 aliphatic heterocycles. The molecule has 1 aromatic heterocycles. The van der Waals surface area contributed by atoms with Gasteiger partial charge in [-0.2, -0.15) is 0 Å². The van der Waals surface area contributed by atoms with Crippen molar-refractivity contribution in [2.24, 2.45) is 0 Å². The van der Waals surface area contributed by atoms with Crippen molar-refractivity contribution in [2.75, 3.05) is 20.8 Å². The Morgan fingerprint density at radius 2 is 2.10 bits per heavy atom. The van der Waals surface area contributed by atoms with Gasteiger partial charge in [0.2, 0.25) is 0 Å². The monoisotopic (exact) mass is 274 g/mol. The fourth-order valence-electron chi connectivity index (χ4n) is 1.93. The van der Waals surface area contributed by atoms with Crippen LogP contribution in [0, 0.1) is 0 Å². The topological polar surface area (TPSA) is 60.5 Å². The van der Waals surface area contributed by atoms with Gasteiger partial charge in [0.05, 0.1) is 26.3 Å². The molecule has 0 radical (unpaired) electrons. The van der Waals surface area contributed by atoms with E-state index in [0.29, 0.717) is 19.5 Å². The number of pyridine rings is 1. The number of para-hydroxylation sites is 1. The molecule has 1 heterocycles. The Labute approximate surface area is 117 Å². The van der Waals surface area contributed by atoms with Crippen LogP contribution in [0.15, 0.2) is 30.3 Å². The molecule has 1 N–H and O–H groups in total. The van der Waals surface area contributed by atoms with Crippen LogP contribution in [-0.4, -0.2) is 31.7 Å². The molecular formula is C15H18N2O3. The minimum atomic E-state index is -0.217. The number of carbonyl (C=O) groups excluding carboxylic acids is 1. The first kappa shape index (κ1) is 14.3. The number of hydrogen-bond donors (Lipinski definition) is 1. The first-order valence-corrected chi connectivity index (χ1v) is 6.44. The van der Waals surface area contributed by atoms with Crippen molar-refractivity contribution in [1.82, 2.24) is 10.3 Å². The van der Waals surface area contributed by atoms with Gasteiger partial charge >= 0.3 is 5.97 Å². The van der Waals surface area contributed by atoms with Crippen LogP contribution >= 0.6 is 0 Å². The van der Waals surface area contributed by atoms with Crippen LogP contribution in [0.25, 0.3) is 10.9 Å². The number of carbonyl (C=O) groups is 1. The maximum Gasteiger partial charge on any atom is 0.306 e. The van der Waals surface area contributed by atoms with Crippen LogP contribution < -0.4 is 10.1 Å². The maximum atomic E-state index is 11.0. The first-order valence-electron chi connectivity index (χ1n) is 6.44. The molecule has 5 nitrogen and oxygen atoms in total. The lowest BCUT2D eigenvalue weighted by atomic mass is 10.2. The first-order chi connectivity index (χ1) is 9.74. The van der Waals surface area contributed by atoms with Crippen LogP contribution in [0.4, 0.5) is 0 Å². The van der Waals surface area contributed by atoms with Gasteiger partial charge in [-0.25, -0.2) is 4.98 Å². The van der Waals surface area contributed by atoms with Crippen molar-refractivity contribution < 1.29 is 14.3 Å². The second kappa shape index (κ2) is 6.86. The predicted octanol–water partition coefficient (Wildman–Crippen LogP) is 1.90. The Kier molecular flexibility index (Phi) is 4.90. The van der Waals surface area contributed by atoms with E-state index in [1.54, 1.807) is 7.11 Å². The van der Waals surface area contributed by atoms with E-state index in [1.165, 1.54) is 7.11 Å². The van der Waals surface area contributed by atoms with E-state index in [1.807, 2.05) is 30.3 Å². The fraction of sp³-hybridized carbons (Fsp3) is 0.333. The lowest BCUT2D eigenvalue weighted by Crippen LogP contribution is -2.19. The molecule has 20 heavy (non-hydrogen) atoms. The summed E-state index contributed by atoms with van der Waals surface area (Å²) in [6, 6.07) is 9.81. The molecule has 0 atom stereocenters. The van der Waals surface area contributed by atoms with Gasteiger partial charge in [0.25, 0.3) is 0 Å². The molecule has 5 heteroatoms. The lowest BCUT2D eigenvalue weighted by molar-refractivity contribution is -0.140. The molecule has 0 amide bonds. The summed E-state index contributed by atoms with van der Waals surface area (Å²) in [4.78, 5) is 15.6. The van der Waals surface area contributed by atoms with Gasteiger partial charge in [0, 0.05) is 18.5 Å². The van der Waals surface area contributed by atoms with Crippen molar-refractivity contribution in [3.8, 4) is 5.75 Å². The summed E-state index contributed by atoms with van der Waals surface area (Å²) in [7, 11) is 3.03. The van der Waals surface area contributed by atoms with E-state index in [0.717, 1.165) is 22.3 Å². The van der Waals surface area contributed by atoms with Crippen molar-refractivity contribution in [1.29, 1.82) is 0 Å². The highest BCUT2D eigenvalue weighted by Gasteiger charge is 2.04. The maximum absolute atomic E-state index is 11.0. The summed E-state index contributed by atoms with van der Waals surface area (Å²) in [5, 5.41) is 4.21. The molecule has 0 unspecified atom stereocenters. The summed E-state index contributed by atoms with van der Waals surface area (Å²) in [5.41, 5.74) is 1.76. The molecule has 1 aromatic carbocycles. The average molecular weight is 274 g/mol. The number of rotatable bonds is 6. The van der Waals surface area contributed by atoms with E-state index in [2.05, 4.69) is 15.0 Å². The molecule has 0 saturated carbocycles. The van der Waals surface area contributed by atoms with Crippen LogP contribution in [-0.2, 0) is 16.1 Å². The minimum Gasteiger partial charge on any atom is -0.494 e. The zero-order chi connectivity index (χ0) is 14.4. The van der Waals surface area contributed by atoms with E-state index < -0.39 is 0 Å². The van der Waals surface area contributed by atoms with Gasteiger partial charge in [0.1, 0.15) is 11.3 Å². The summed E-state index contributed by atoms with van der Waals surface area (Å²) < 4.78 is 9.89. The van der Waals surface area contributed by atoms with Crippen molar-refractivity contribution in [3.63, 3.8) is 0 Å². The van der Waals surface area contributed by atoms with Crippen molar-refractivity contribution in [2.45, 2.75) is 13.0 Å². The number of ether oxygens (including phenoxy) is 2. The van der Waals surface area contributed by atoms with Gasteiger partial charge in [-0.3, -0.25) is 4.79 Å². The molecule has 106 valence electrons. The number of benzene rings is 1. The van der Waals surface area contributed by atoms with Crippen LogP contribution in [0.2, 0.25) is 0 Å². The van der Waals surface area contributed by atoms with Crippen molar-refractivity contribution >= 4 is 16.9 Å². The molecule has 0 bridgehead atoms. The molecule has 0 aliphatic rings. The number of hydrogen-bond acceptors (Lipinski definition) is 5. The number of esters is 1. The summed E-state index contributed by atoms with van der Waals surface area (Å²) in [5.74, 6) is 0.546. The molecule has 0 saturated heterocycles. The number of nitrogens with zero attached hydrogens (tertiary/aromatic N) is 1. The highest BCUT2D eigenvalue weighted by Crippen LogP contribution is 2.23. The highest BCUT2D eigenvalue weighted by atomic mass is 16.5. The van der Waals surface area contributed by atoms with Crippen LogP contribution in [0.1, 0.15) is 12.1 Å². The van der Waals surface area contributed by atoms with Gasteiger partial charge < -0.3 is 14.8 Å². The highest BCUT2D eigenvalue weighted by molar-refractivity contribution is 5.84. The molecule has 0 fully saturated rings. The molecule has 2 rings (SSSR count). The van der Waals surface area contributed by atoms with E-state index >= 15 is 0 Å². The lowest BCUT2D eigenvalue weighted by Gasteiger charge is -2.07. The number of nitrogens with one attached hydrogen (secondary N) is 1. The third kappa shape index (κ3) is 3.45. The van der Waals surface area contributed by atoms with Crippen LogP contribution in [0.3, 0.4) is 0 Å². The van der Waals surface area contributed by atoms with E-state index in [-0.39, 0.29) is 5.97 Å². The predicted molar refractivity (Wildman–Crippen MR) is 76.6 cm³/mol. The van der Waals surface area contributed by atoms with Crippen molar-refractivity contribution in [3.05, 3.63) is 36.0 Å². The second-order valence-electron chi connectivity index (χ2n) is 4.34. The van der Waals surface area contributed by atoms with E-state index in [4.69, 9.17) is 4.74 Å².